The van der Waals surface area contributed by atoms with Crippen LogP contribution in [0.3, 0.4) is 0 Å². The molecule has 0 aromatic heterocycles. The molecule has 2 aliphatic rings. The predicted molar refractivity (Wildman–Crippen MR) is 104 cm³/mol. The summed E-state index contributed by atoms with van der Waals surface area (Å²) in [5, 5.41) is 0. The van der Waals surface area contributed by atoms with Crippen LogP contribution in [0, 0.1) is 17.3 Å². The molecule has 0 saturated heterocycles. The molecule has 0 aliphatic heterocycles. The third-order valence-corrected chi connectivity index (χ3v) is 10.9. The van der Waals surface area contributed by atoms with Crippen molar-refractivity contribution in [2.75, 3.05) is 6.61 Å². The molecule has 0 N–H and O–H groups in total. The minimum absolute atomic E-state index is 0.269. The number of hydrogen-bond acceptors (Lipinski definition) is 1. The van der Waals surface area contributed by atoms with Crippen molar-refractivity contribution in [1.29, 1.82) is 0 Å². The standard InChI is InChI=1S/C21H34OSi/c1-5-23(6-2,7-3)22-18-12-17-21(4,19-13-8-9-14-19)20-15-10-11-16-20/h8-11,13-16,19-20H,5-7,12,17-18H2,1-4H3. The van der Waals surface area contributed by atoms with E-state index in [1.165, 1.54) is 31.0 Å². The summed E-state index contributed by atoms with van der Waals surface area (Å²) in [5.74, 6) is 1.09. The first-order chi connectivity index (χ1) is 11.1. The molecule has 0 aromatic rings. The Morgan fingerprint density at radius 2 is 1.26 bits per heavy atom. The van der Waals surface area contributed by atoms with Gasteiger partial charge < -0.3 is 4.43 Å². The highest BCUT2D eigenvalue weighted by Crippen LogP contribution is 2.45. The minimum atomic E-state index is -1.43. The molecule has 2 heteroatoms. The molecule has 0 aromatic carbocycles. The van der Waals surface area contributed by atoms with E-state index in [0.717, 1.165) is 6.61 Å². The van der Waals surface area contributed by atoms with E-state index < -0.39 is 8.32 Å². The Morgan fingerprint density at radius 3 is 1.65 bits per heavy atom. The molecule has 0 bridgehead atoms. The SMILES string of the molecule is CC[Si](CC)(CC)OCCCC(C)(C1C=CC=C1)C1C=CC=C1. The maximum Gasteiger partial charge on any atom is 0.191 e. The summed E-state index contributed by atoms with van der Waals surface area (Å²) in [6.45, 7) is 10.3. The van der Waals surface area contributed by atoms with E-state index in [1.807, 2.05) is 0 Å². The number of rotatable bonds is 10. The van der Waals surface area contributed by atoms with Gasteiger partial charge in [-0.1, -0.05) is 76.3 Å². The van der Waals surface area contributed by atoms with Crippen LogP contribution in [0.15, 0.2) is 48.6 Å². The Bertz CT molecular complexity index is 422. The van der Waals surface area contributed by atoms with Gasteiger partial charge in [-0.25, -0.2) is 0 Å². The topological polar surface area (TPSA) is 9.23 Å². The van der Waals surface area contributed by atoms with Gasteiger partial charge in [0.05, 0.1) is 0 Å². The lowest BCUT2D eigenvalue weighted by Crippen LogP contribution is -2.37. The van der Waals surface area contributed by atoms with Crippen LogP contribution < -0.4 is 0 Å². The fraction of sp³-hybridized carbons (Fsp3) is 0.619. The van der Waals surface area contributed by atoms with E-state index in [-0.39, 0.29) is 5.41 Å². The third-order valence-electron chi connectivity index (χ3n) is 6.22. The number of hydrogen-bond donors (Lipinski definition) is 0. The molecule has 1 nitrogen and oxygen atoms in total. The molecule has 0 fully saturated rings. The lowest BCUT2D eigenvalue weighted by Gasteiger charge is -2.39. The van der Waals surface area contributed by atoms with Crippen molar-refractivity contribution >= 4 is 8.32 Å². The van der Waals surface area contributed by atoms with Crippen LogP contribution >= 0.6 is 0 Å². The summed E-state index contributed by atoms with van der Waals surface area (Å²) >= 11 is 0. The molecule has 0 saturated carbocycles. The quantitative estimate of drug-likeness (QED) is 0.338. The average molecular weight is 331 g/mol. The largest absolute Gasteiger partial charge is 0.417 e. The molecule has 0 heterocycles. The second-order valence-corrected chi connectivity index (χ2v) is 12.1. The van der Waals surface area contributed by atoms with E-state index in [1.54, 1.807) is 0 Å². The summed E-state index contributed by atoms with van der Waals surface area (Å²) in [7, 11) is -1.43. The van der Waals surface area contributed by atoms with Crippen molar-refractivity contribution in [3.63, 3.8) is 0 Å². The second-order valence-electron chi connectivity index (χ2n) is 7.29. The summed E-state index contributed by atoms with van der Waals surface area (Å²) in [4.78, 5) is 0. The van der Waals surface area contributed by atoms with Crippen LogP contribution in [0.5, 0.6) is 0 Å². The van der Waals surface area contributed by atoms with E-state index in [2.05, 4.69) is 76.3 Å². The zero-order chi connectivity index (χ0) is 16.8. The molecule has 0 spiro atoms. The minimum Gasteiger partial charge on any atom is -0.417 e. The van der Waals surface area contributed by atoms with E-state index in [0.29, 0.717) is 11.8 Å². The number of allylic oxidation sites excluding steroid dienone is 8. The highest BCUT2D eigenvalue weighted by atomic mass is 28.4. The van der Waals surface area contributed by atoms with Crippen molar-refractivity contribution < 1.29 is 4.43 Å². The average Bonchev–Trinajstić information content (AvgIpc) is 3.29. The Morgan fingerprint density at radius 1 is 0.826 bits per heavy atom. The zero-order valence-corrected chi connectivity index (χ0v) is 16.4. The molecule has 0 unspecified atom stereocenters. The normalized spacial score (nSPS) is 18.6. The zero-order valence-electron chi connectivity index (χ0n) is 15.4. The Balaban J connectivity index is 1.94. The van der Waals surface area contributed by atoms with Crippen LogP contribution in [0.4, 0.5) is 0 Å². The molecular formula is C21H34OSi. The van der Waals surface area contributed by atoms with Crippen molar-refractivity contribution in [2.24, 2.45) is 17.3 Å². The summed E-state index contributed by atoms with van der Waals surface area (Å²) < 4.78 is 6.46. The van der Waals surface area contributed by atoms with Crippen molar-refractivity contribution in [1.82, 2.24) is 0 Å². The van der Waals surface area contributed by atoms with Crippen LogP contribution in [-0.2, 0) is 4.43 Å². The second kappa shape index (κ2) is 8.30. The maximum atomic E-state index is 6.46. The van der Waals surface area contributed by atoms with Crippen molar-refractivity contribution in [2.45, 2.75) is 58.7 Å². The third kappa shape index (κ3) is 4.16. The van der Waals surface area contributed by atoms with Gasteiger partial charge >= 0.3 is 0 Å². The van der Waals surface area contributed by atoms with Gasteiger partial charge in [-0.2, -0.15) is 0 Å². The first kappa shape index (κ1) is 18.5. The lowest BCUT2D eigenvalue weighted by atomic mass is 9.66. The first-order valence-electron chi connectivity index (χ1n) is 9.44. The van der Waals surface area contributed by atoms with E-state index in [9.17, 15) is 0 Å². The fourth-order valence-corrected chi connectivity index (χ4v) is 6.79. The van der Waals surface area contributed by atoms with Gasteiger partial charge in [0.2, 0.25) is 0 Å². The lowest BCUT2D eigenvalue weighted by molar-refractivity contribution is 0.173. The molecule has 0 radical (unpaired) electrons. The maximum absolute atomic E-state index is 6.46. The van der Waals surface area contributed by atoms with Gasteiger partial charge in [-0.05, 0) is 36.4 Å². The Kier molecular flexibility index (Phi) is 6.67. The van der Waals surface area contributed by atoms with E-state index >= 15 is 0 Å². The van der Waals surface area contributed by atoms with Crippen molar-refractivity contribution in [3.8, 4) is 0 Å². The molecule has 128 valence electrons. The van der Waals surface area contributed by atoms with E-state index in [4.69, 9.17) is 4.43 Å². The summed E-state index contributed by atoms with van der Waals surface area (Å²) in [6.07, 6.45) is 20.6. The molecule has 0 atom stereocenters. The van der Waals surface area contributed by atoms with Crippen LogP contribution in [0.2, 0.25) is 18.1 Å². The van der Waals surface area contributed by atoms with Gasteiger partial charge in [0.1, 0.15) is 0 Å². The van der Waals surface area contributed by atoms with Crippen LogP contribution in [0.25, 0.3) is 0 Å². The summed E-state index contributed by atoms with van der Waals surface area (Å²) in [5.41, 5.74) is 0.269. The first-order valence-corrected chi connectivity index (χ1v) is 12.0. The van der Waals surface area contributed by atoms with Crippen LogP contribution in [-0.4, -0.2) is 14.9 Å². The Labute approximate surface area is 144 Å². The van der Waals surface area contributed by atoms with Crippen molar-refractivity contribution in [3.05, 3.63) is 48.6 Å². The van der Waals surface area contributed by atoms with Gasteiger partial charge in [-0.15, -0.1) is 0 Å². The predicted octanol–water partition coefficient (Wildman–Crippen LogP) is 6.28. The van der Waals surface area contributed by atoms with Gasteiger partial charge in [-0.3, -0.25) is 0 Å². The highest BCUT2D eigenvalue weighted by Gasteiger charge is 2.38. The monoisotopic (exact) mass is 330 g/mol. The molecule has 0 amide bonds. The highest BCUT2D eigenvalue weighted by molar-refractivity contribution is 6.73. The fourth-order valence-electron chi connectivity index (χ4n) is 4.10. The van der Waals surface area contributed by atoms with Gasteiger partial charge in [0.25, 0.3) is 0 Å². The van der Waals surface area contributed by atoms with Crippen LogP contribution in [0.1, 0.15) is 40.5 Å². The molecular weight excluding hydrogens is 296 g/mol. The van der Waals surface area contributed by atoms with Gasteiger partial charge in [0, 0.05) is 18.4 Å². The molecule has 2 rings (SSSR count). The molecule has 23 heavy (non-hydrogen) atoms. The smallest absolute Gasteiger partial charge is 0.191 e. The molecule has 2 aliphatic carbocycles. The summed E-state index contributed by atoms with van der Waals surface area (Å²) in [6, 6.07) is 3.75. The van der Waals surface area contributed by atoms with Gasteiger partial charge in [0.15, 0.2) is 8.32 Å². The Hall–Kier alpha value is -0.863.